The van der Waals surface area contributed by atoms with Crippen LogP contribution < -0.4 is 0 Å². The van der Waals surface area contributed by atoms with Gasteiger partial charge < -0.3 is 108 Å². The molecule has 0 amide bonds. The average molecular weight is 1200 g/mol. The van der Waals surface area contributed by atoms with Crippen LogP contribution >= 0.6 is 0 Å². The molecule has 1 spiro atoms. The van der Waals surface area contributed by atoms with Crippen molar-refractivity contribution >= 4 is 16.4 Å². The standard InChI is InChI=1S/C54H86O27S/c1-22-39(76-45-38(64)41(33(59)26(20-56)74-45)77-44-37(63)40(70-9)32(58)25(19-55)73-44)35(61)36(62)43(72-22)78-42-34(60)27(81-82(67,68)69)21-71-46(42)75-30-13-15-50(6)24-18-29(57)54-47(65)80-52(8,31-12-14-48(2,3)79-31)53(54,66)17-16-51(54,7)23(24)10-11-28(50)49(30,4)5/h18,22-23,25-46,55-64,66H,10-17,19-21H2,1-9H3,(H,67,68,69)/t22?,23-,25?,26?,27-,28?,29?,30+,31?,32-,33-,34?,35?,36?,37?,38?,39-,40?,41?,42?,43+,44+,45+,46+,50-,51+,52+,53+,54?/m1/s1. The Bertz CT molecular complexity index is 2490. The fraction of sp³-hybridized carbons (Fsp3) is 0.944. The highest BCUT2D eigenvalue weighted by atomic mass is 32.3. The zero-order valence-corrected chi connectivity index (χ0v) is 48.4. The Labute approximate surface area is 475 Å². The summed E-state index contributed by atoms with van der Waals surface area (Å²) in [5.41, 5.74) is -6.49. The lowest BCUT2D eigenvalue weighted by molar-refractivity contribution is -0.389. The van der Waals surface area contributed by atoms with Crippen LogP contribution in [0.1, 0.15) is 107 Å². The van der Waals surface area contributed by atoms with Crippen LogP contribution in [0.4, 0.5) is 0 Å². The number of fused-ring (bicyclic) bond motifs is 4. The minimum absolute atomic E-state index is 0.131. The van der Waals surface area contributed by atoms with Gasteiger partial charge in [0, 0.05) is 7.11 Å². The third kappa shape index (κ3) is 9.71. The van der Waals surface area contributed by atoms with Crippen LogP contribution in [0, 0.1) is 33.5 Å². The molecule has 0 aromatic rings. The molecule has 9 fully saturated rings. The van der Waals surface area contributed by atoms with E-state index in [0.717, 1.165) is 5.57 Å². The van der Waals surface area contributed by atoms with Gasteiger partial charge in [0.05, 0.1) is 43.7 Å². The van der Waals surface area contributed by atoms with E-state index in [0.29, 0.717) is 44.9 Å². The van der Waals surface area contributed by atoms with Gasteiger partial charge in [-0.05, 0) is 107 Å². The number of ether oxygens (including phenoxy) is 11. The van der Waals surface area contributed by atoms with Crippen LogP contribution in [0.2, 0.25) is 0 Å². The summed E-state index contributed by atoms with van der Waals surface area (Å²) >= 11 is 0. The fourth-order valence-electron chi connectivity index (χ4n) is 17.0. The van der Waals surface area contributed by atoms with Gasteiger partial charge in [0.15, 0.2) is 30.8 Å². The van der Waals surface area contributed by atoms with Crippen molar-refractivity contribution in [3.8, 4) is 0 Å². The Hall–Kier alpha value is -1.76. The first-order valence-corrected chi connectivity index (χ1v) is 30.0. The van der Waals surface area contributed by atoms with E-state index in [1.165, 1.54) is 14.0 Å². The molecular formula is C54H86O27S. The summed E-state index contributed by atoms with van der Waals surface area (Å²) in [7, 11) is -4.02. The first kappa shape index (κ1) is 63.3. The molecule has 470 valence electrons. The molecule has 6 aliphatic heterocycles. The number of allylic oxidation sites excluding steroid dienone is 1. The Balaban J connectivity index is 0.852. The molecular weight excluding hydrogens is 1110 g/mol. The lowest BCUT2D eigenvalue weighted by Crippen LogP contribution is -2.69. The molecule has 6 heterocycles. The van der Waals surface area contributed by atoms with Crippen molar-refractivity contribution in [3.63, 3.8) is 0 Å². The van der Waals surface area contributed by atoms with Gasteiger partial charge in [-0.25, -0.2) is 4.18 Å². The zero-order chi connectivity index (χ0) is 60.0. The highest BCUT2D eigenvalue weighted by molar-refractivity contribution is 7.80. The molecule has 27 nitrogen and oxygen atoms in total. The summed E-state index contributed by atoms with van der Waals surface area (Å²) in [5, 5.41) is 125. The van der Waals surface area contributed by atoms with Gasteiger partial charge in [-0.3, -0.25) is 9.35 Å². The summed E-state index contributed by atoms with van der Waals surface area (Å²) < 4.78 is 104. The summed E-state index contributed by atoms with van der Waals surface area (Å²) in [6.45, 7) is 13.1. The maximum Gasteiger partial charge on any atom is 0.397 e. The lowest BCUT2D eigenvalue weighted by atomic mass is 9.40. The lowest BCUT2D eigenvalue weighted by Gasteiger charge is -2.64. The molecule has 15 unspecified atom stereocenters. The SMILES string of the molecule is COC1C(O)[C@H](OC2C(O)[C@H](O[C@@H]3C(C)O[C@@H](OC4C(O)[C@H](OS(=O)(=O)O)CO[C@H]4O[C@H]4CC[C@]5(C)C6=CC(O)C78C(=O)O[C@@](C)(C9CCC(C)(C)O9)[C@@]7(O)CC[C@@]8(C)[C@@H]6CCC5C4(C)C)C(O)C3O)OC(CO)[C@H]2O)OC(CO)[C@H]1O. The van der Waals surface area contributed by atoms with Gasteiger partial charge in [-0.2, -0.15) is 8.42 Å². The van der Waals surface area contributed by atoms with E-state index in [-0.39, 0.29) is 18.3 Å². The van der Waals surface area contributed by atoms with Gasteiger partial charge in [-0.1, -0.05) is 39.3 Å². The number of rotatable bonds is 14. The number of cyclic esters (lactones) is 1. The number of hydrogen-bond acceptors (Lipinski definition) is 26. The van der Waals surface area contributed by atoms with Crippen molar-refractivity contribution in [2.45, 2.75) is 259 Å². The second-order valence-electron chi connectivity index (χ2n) is 26.5. The summed E-state index contributed by atoms with van der Waals surface area (Å²) in [6.07, 6.45) is -29.1. The van der Waals surface area contributed by atoms with Crippen LogP contribution in [-0.4, -0.2) is 254 Å². The zero-order valence-electron chi connectivity index (χ0n) is 47.6. The Morgan fingerprint density at radius 3 is 1.85 bits per heavy atom. The maximum absolute atomic E-state index is 14.7. The Morgan fingerprint density at radius 1 is 0.659 bits per heavy atom. The maximum atomic E-state index is 14.7. The third-order valence-electron chi connectivity index (χ3n) is 21.4. The van der Waals surface area contributed by atoms with Crippen LogP contribution in [0.5, 0.6) is 0 Å². The first-order valence-electron chi connectivity index (χ1n) is 28.6. The van der Waals surface area contributed by atoms with E-state index >= 15 is 0 Å². The molecule has 0 bridgehead atoms. The summed E-state index contributed by atoms with van der Waals surface area (Å²) in [4.78, 5) is 14.7. The number of carbonyl (C=O) groups excluding carboxylic acids is 1. The smallest absolute Gasteiger partial charge is 0.397 e. The van der Waals surface area contributed by atoms with Crippen LogP contribution in [-0.2, 0) is 71.5 Å². The fourth-order valence-corrected chi connectivity index (χ4v) is 17.5. The normalized spacial score (nSPS) is 53.6. The highest BCUT2D eigenvalue weighted by Gasteiger charge is 2.87. The predicted molar refractivity (Wildman–Crippen MR) is 273 cm³/mol. The van der Waals surface area contributed by atoms with E-state index in [1.54, 1.807) is 13.0 Å². The monoisotopic (exact) mass is 1200 g/mol. The molecule has 10 rings (SSSR count). The minimum atomic E-state index is -5.19. The van der Waals surface area contributed by atoms with Gasteiger partial charge in [0.1, 0.15) is 103 Å². The van der Waals surface area contributed by atoms with Gasteiger partial charge >= 0.3 is 16.4 Å². The van der Waals surface area contributed by atoms with E-state index in [1.807, 2.05) is 34.6 Å². The molecule has 0 radical (unpaired) electrons. The van der Waals surface area contributed by atoms with Crippen molar-refractivity contribution in [2.24, 2.45) is 33.5 Å². The van der Waals surface area contributed by atoms with Crippen LogP contribution in [0.25, 0.3) is 0 Å². The number of aliphatic hydroxyl groups is 11. The Morgan fingerprint density at radius 2 is 1.26 bits per heavy atom. The molecule has 29 atom stereocenters. The molecule has 10 aliphatic rings. The van der Waals surface area contributed by atoms with E-state index < -0.39 is 210 Å². The quantitative estimate of drug-likeness (QED) is 0.0378. The third-order valence-corrected chi connectivity index (χ3v) is 21.9. The second kappa shape index (κ2) is 22.1. The van der Waals surface area contributed by atoms with Crippen molar-refractivity contribution in [1.29, 1.82) is 0 Å². The predicted octanol–water partition coefficient (Wildman–Crippen LogP) is -2.26. The first-order chi connectivity index (χ1) is 38.2. The molecule has 6 saturated heterocycles. The molecule has 0 aromatic heterocycles. The van der Waals surface area contributed by atoms with Gasteiger partial charge in [0.25, 0.3) is 0 Å². The number of carbonyl (C=O) groups is 1. The number of methoxy groups -OCH3 is 1. The van der Waals surface area contributed by atoms with E-state index in [2.05, 4.69) is 6.92 Å². The van der Waals surface area contributed by atoms with Gasteiger partial charge in [-0.15, -0.1) is 0 Å². The summed E-state index contributed by atoms with van der Waals surface area (Å²) in [5.74, 6) is -0.972. The minimum Gasteiger partial charge on any atom is -0.453 e. The number of esters is 1. The van der Waals surface area contributed by atoms with Gasteiger partial charge in [0.2, 0.25) is 0 Å². The van der Waals surface area contributed by atoms with Crippen LogP contribution in [0.3, 0.4) is 0 Å². The molecule has 4 aliphatic carbocycles. The van der Waals surface area contributed by atoms with Crippen LogP contribution in [0.15, 0.2) is 11.6 Å². The number of hydrogen-bond donors (Lipinski definition) is 12. The highest BCUT2D eigenvalue weighted by Crippen LogP contribution is 2.77. The summed E-state index contributed by atoms with van der Waals surface area (Å²) in [6, 6.07) is 0. The second-order valence-corrected chi connectivity index (χ2v) is 27.5. The van der Waals surface area contributed by atoms with Crippen molar-refractivity contribution in [1.82, 2.24) is 0 Å². The molecule has 82 heavy (non-hydrogen) atoms. The van der Waals surface area contributed by atoms with Crippen molar-refractivity contribution < 1.29 is 130 Å². The average Bonchev–Trinajstić information content (AvgIpc) is 1.46. The molecule has 0 aromatic carbocycles. The van der Waals surface area contributed by atoms with Crippen molar-refractivity contribution in [2.75, 3.05) is 26.9 Å². The topological polar surface area (TPSA) is 405 Å². The molecule has 12 N–H and O–H groups in total. The van der Waals surface area contributed by atoms with Crippen molar-refractivity contribution in [3.05, 3.63) is 11.6 Å². The Kier molecular flexibility index (Phi) is 17.0. The van der Waals surface area contributed by atoms with E-state index in [4.69, 9.17) is 56.3 Å². The largest absolute Gasteiger partial charge is 0.453 e. The molecule has 3 saturated carbocycles. The number of aliphatic hydroxyl groups excluding tert-OH is 10. The van der Waals surface area contributed by atoms with E-state index in [9.17, 15) is 73.9 Å². The molecule has 28 heteroatoms.